The molecule has 1 aliphatic heterocycles. The molecule has 7 nitrogen and oxygen atoms in total. The van der Waals surface area contributed by atoms with Crippen molar-refractivity contribution in [3.63, 3.8) is 0 Å². The SMILES string of the molecule is COc1cc([C@@H]2C(C(C)=O)=C(C)Nc3nc4ccccc4n32)cc(OC)c1OC. The Kier molecular flexibility index (Phi) is 4.66. The number of fused-ring (bicyclic) bond motifs is 3. The van der Waals surface area contributed by atoms with Crippen molar-refractivity contribution in [1.82, 2.24) is 9.55 Å². The Morgan fingerprint density at radius 2 is 1.72 bits per heavy atom. The smallest absolute Gasteiger partial charge is 0.209 e. The molecule has 0 unspecified atom stereocenters. The fourth-order valence-corrected chi connectivity index (χ4v) is 3.99. The summed E-state index contributed by atoms with van der Waals surface area (Å²) in [4.78, 5) is 17.4. The average Bonchev–Trinajstić information content (AvgIpc) is 3.09. The summed E-state index contributed by atoms with van der Waals surface area (Å²) < 4.78 is 18.6. The average molecular weight is 393 g/mol. The van der Waals surface area contributed by atoms with Crippen LogP contribution in [0.15, 0.2) is 47.7 Å². The van der Waals surface area contributed by atoms with Crippen LogP contribution in [0.2, 0.25) is 0 Å². The van der Waals surface area contributed by atoms with E-state index in [4.69, 9.17) is 19.2 Å². The van der Waals surface area contributed by atoms with Gasteiger partial charge in [-0.2, -0.15) is 0 Å². The summed E-state index contributed by atoms with van der Waals surface area (Å²) in [5.41, 5.74) is 4.06. The van der Waals surface area contributed by atoms with Gasteiger partial charge < -0.3 is 19.5 Å². The van der Waals surface area contributed by atoms with Crippen LogP contribution >= 0.6 is 0 Å². The fraction of sp³-hybridized carbons (Fsp3) is 0.273. The third-order valence-electron chi connectivity index (χ3n) is 5.21. The second-order valence-electron chi connectivity index (χ2n) is 6.88. The molecule has 1 N–H and O–H groups in total. The molecule has 0 radical (unpaired) electrons. The zero-order valence-electron chi connectivity index (χ0n) is 17.1. The van der Waals surface area contributed by atoms with E-state index in [0.29, 0.717) is 28.8 Å². The lowest BCUT2D eigenvalue weighted by molar-refractivity contribution is -0.114. The Labute approximate surface area is 168 Å². The first kappa shape index (κ1) is 18.9. The number of anilines is 1. The molecule has 150 valence electrons. The van der Waals surface area contributed by atoms with Crippen molar-refractivity contribution in [1.29, 1.82) is 0 Å². The van der Waals surface area contributed by atoms with Crippen LogP contribution in [-0.4, -0.2) is 36.7 Å². The molecule has 1 aromatic heterocycles. The Bertz CT molecular complexity index is 1120. The van der Waals surface area contributed by atoms with Gasteiger partial charge in [0.15, 0.2) is 17.3 Å². The number of methoxy groups -OCH3 is 3. The second kappa shape index (κ2) is 7.16. The number of carbonyl (C=O) groups excluding carboxylic acids is 1. The Hall–Kier alpha value is -3.48. The highest BCUT2D eigenvalue weighted by molar-refractivity contribution is 5.97. The molecule has 7 heteroatoms. The van der Waals surface area contributed by atoms with Gasteiger partial charge in [-0.1, -0.05) is 12.1 Å². The van der Waals surface area contributed by atoms with Gasteiger partial charge in [0.05, 0.1) is 38.4 Å². The van der Waals surface area contributed by atoms with Crippen molar-refractivity contribution in [3.8, 4) is 17.2 Å². The molecular weight excluding hydrogens is 370 g/mol. The van der Waals surface area contributed by atoms with E-state index < -0.39 is 0 Å². The first-order valence-corrected chi connectivity index (χ1v) is 9.25. The van der Waals surface area contributed by atoms with Crippen LogP contribution in [0.3, 0.4) is 0 Å². The topological polar surface area (TPSA) is 74.6 Å². The van der Waals surface area contributed by atoms with Crippen molar-refractivity contribution in [2.45, 2.75) is 19.9 Å². The standard InChI is InChI=1S/C22H23N3O4/c1-12-19(13(2)26)20(14-10-17(27-3)21(29-5)18(11-14)28-4)25-16-9-7-6-8-15(16)24-22(25)23-12/h6-11,20H,1-5H3,(H,23,24)/t20-/m1/s1. The number of Topliss-reactive ketones (excluding diaryl/α,β-unsaturated/α-hetero) is 1. The van der Waals surface area contributed by atoms with Crippen molar-refractivity contribution in [3.05, 3.63) is 53.2 Å². The highest BCUT2D eigenvalue weighted by Gasteiger charge is 2.33. The number of para-hydroxylation sites is 2. The Morgan fingerprint density at radius 1 is 1.07 bits per heavy atom. The van der Waals surface area contributed by atoms with Gasteiger partial charge in [0.25, 0.3) is 0 Å². The van der Waals surface area contributed by atoms with Gasteiger partial charge in [-0.3, -0.25) is 9.36 Å². The lowest BCUT2D eigenvalue weighted by atomic mass is 9.92. The normalized spacial score (nSPS) is 15.7. The van der Waals surface area contributed by atoms with Crippen LogP contribution < -0.4 is 19.5 Å². The van der Waals surface area contributed by atoms with E-state index in [-0.39, 0.29) is 11.8 Å². The Morgan fingerprint density at radius 3 is 2.31 bits per heavy atom. The van der Waals surface area contributed by atoms with Crippen LogP contribution in [0.4, 0.5) is 5.95 Å². The van der Waals surface area contributed by atoms with E-state index in [1.807, 2.05) is 47.9 Å². The van der Waals surface area contributed by atoms with Gasteiger partial charge >= 0.3 is 0 Å². The van der Waals surface area contributed by atoms with Crippen molar-refractivity contribution < 1.29 is 19.0 Å². The monoisotopic (exact) mass is 393 g/mol. The summed E-state index contributed by atoms with van der Waals surface area (Å²) in [6, 6.07) is 11.2. The molecular formula is C22H23N3O4. The summed E-state index contributed by atoms with van der Waals surface area (Å²) in [5.74, 6) is 2.25. The minimum atomic E-state index is -0.384. The minimum absolute atomic E-state index is 0.0165. The van der Waals surface area contributed by atoms with Crippen molar-refractivity contribution in [2.75, 3.05) is 26.6 Å². The predicted octanol–water partition coefficient (Wildman–Crippen LogP) is 3.94. The molecule has 2 aromatic carbocycles. The number of hydrogen-bond donors (Lipinski definition) is 1. The first-order valence-electron chi connectivity index (χ1n) is 9.25. The van der Waals surface area contributed by atoms with Crippen molar-refractivity contribution in [2.24, 2.45) is 0 Å². The molecule has 1 aliphatic rings. The molecule has 3 aromatic rings. The molecule has 0 saturated heterocycles. The van der Waals surface area contributed by atoms with Gasteiger partial charge in [0.1, 0.15) is 0 Å². The number of hydrogen-bond acceptors (Lipinski definition) is 6. The van der Waals surface area contributed by atoms with Crippen LogP contribution in [0.25, 0.3) is 11.0 Å². The van der Waals surface area contributed by atoms with E-state index >= 15 is 0 Å². The molecule has 2 heterocycles. The summed E-state index contributed by atoms with van der Waals surface area (Å²) in [7, 11) is 4.72. The summed E-state index contributed by atoms with van der Waals surface area (Å²) >= 11 is 0. The number of benzene rings is 2. The number of ether oxygens (including phenoxy) is 3. The maximum atomic E-state index is 12.7. The maximum Gasteiger partial charge on any atom is 0.209 e. The number of ketones is 1. The van der Waals surface area contributed by atoms with E-state index in [1.165, 1.54) is 0 Å². The molecule has 0 aliphatic carbocycles. The van der Waals surface area contributed by atoms with E-state index in [0.717, 1.165) is 22.3 Å². The molecule has 0 bridgehead atoms. The number of rotatable bonds is 5. The third kappa shape index (κ3) is 2.90. The maximum absolute atomic E-state index is 12.7. The van der Waals surface area contributed by atoms with Gasteiger partial charge in [-0.15, -0.1) is 0 Å². The molecule has 29 heavy (non-hydrogen) atoms. The number of aromatic nitrogens is 2. The van der Waals surface area contributed by atoms with E-state index in [9.17, 15) is 4.79 Å². The number of imidazole rings is 1. The number of carbonyl (C=O) groups is 1. The van der Waals surface area contributed by atoms with Crippen molar-refractivity contribution >= 4 is 22.8 Å². The predicted molar refractivity (Wildman–Crippen MR) is 111 cm³/mol. The minimum Gasteiger partial charge on any atom is -0.493 e. The highest BCUT2D eigenvalue weighted by Crippen LogP contribution is 2.45. The highest BCUT2D eigenvalue weighted by atomic mass is 16.5. The second-order valence-corrected chi connectivity index (χ2v) is 6.88. The lowest BCUT2D eigenvalue weighted by Gasteiger charge is -2.30. The van der Waals surface area contributed by atoms with Gasteiger partial charge in [0, 0.05) is 11.3 Å². The van der Waals surface area contributed by atoms with Gasteiger partial charge in [0.2, 0.25) is 11.7 Å². The quantitative estimate of drug-likeness (QED) is 0.708. The number of nitrogens with one attached hydrogen (secondary N) is 1. The summed E-state index contributed by atoms with van der Waals surface area (Å²) in [5, 5.41) is 3.28. The van der Waals surface area contributed by atoms with Gasteiger partial charge in [-0.05, 0) is 43.7 Å². The third-order valence-corrected chi connectivity index (χ3v) is 5.21. The summed E-state index contributed by atoms with van der Waals surface area (Å²) in [6.07, 6.45) is 0. The van der Waals surface area contributed by atoms with Gasteiger partial charge in [-0.25, -0.2) is 4.98 Å². The zero-order valence-corrected chi connectivity index (χ0v) is 17.1. The van der Waals surface area contributed by atoms with Crippen LogP contribution in [0.1, 0.15) is 25.5 Å². The number of nitrogens with zero attached hydrogens (tertiary/aromatic N) is 2. The summed E-state index contributed by atoms with van der Waals surface area (Å²) in [6.45, 7) is 3.47. The van der Waals surface area contributed by atoms with Crippen LogP contribution in [0.5, 0.6) is 17.2 Å². The Balaban J connectivity index is 2.04. The lowest BCUT2D eigenvalue weighted by Crippen LogP contribution is -2.27. The largest absolute Gasteiger partial charge is 0.493 e. The van der Waals surface area contributed by atoms with Crippen LogP contribution in [0, 0.1) is 0 Å². The fourth-order valence-electron chi connectivity index (χ4n) is 3.99. The molecule has 0 saturated carbocycles. The molecule has 0 spiro atoms. The van der Waals surface area contributed by atoms with Crippen LogP contribution in [-0.2, 0) is 4.79 Å². The molecule has 0 amide bonds. The number of allylic oxidation sites excluding steroid dienone is 2. The zero-order chi connectivity index (χ0) is 20.7. The first-order chi connectivity index (χ1) is 14.0. The van der Waals surface area contributed by atoms with E-state index in [1.54, 1.807) is 28.3 Å². The molecule has 4 rings (SSSR count). The molecule has 0 fully saturated rings. The molecule has 1 atom stereocenters. The van der Waals surface area contributed by atoms with E-state index in [2.05, 4.69) is 5.32 Å².